The lowest BCUT2D eigenvalue weighted by atomic mass is 9.47. The van der Waals surface area contributed by atoms with Gasteiger partial charge in [-0.2, -0.15) is 4.98 Å². The summed E-state index contributed by atoms with van der Waals surface area (Å²) in [6.07, 6.45) is 15.4. The number of ether oxygens (including phenoxy) is 1. The highest BCUT2D eigenvalue weighted by atomic mass is 16.5. The van der Waals surface area contributed by atoms with Gasteiger partial charge in [0.25, 0.3) is 0 Å². The lowest BCUT2D eigenvalue weighted by Crippen LogP contribution is -2.51. The third-order valence-corrected chi connectivity index (χ3v) is 12.4. The molecule has 1 aromatic heterocycles. The highest BCUT2D eigenvalue weighted by Crippen LogP contribution is 2.67. The summed E-state index contributed by atoms with van der Waals surface area (Å²) in [5.74, 6) is 4.88. The van der Waals surface area contributed by atoms with Crippen LogP contribution in [0.1, 0.15) is 85.0 Å². The maximum atomic E-state index is 13.2. The third kappa shape index (κ3) is 4.84. The van der Waals surface area contributed by atoms with Gasteiger partial charge in [0.15, 0.2) is 0 Å². The number of carbonyl (C=O) groups is 1. The molecule has 1 N–H and O–H groups in total. The molecule has 7 heteroatoms. The second kappa shape index (κ2) is 10.9. The topological polar surface area (TPSA) is 78.8 Å². The van der Waals surface area contributed by atoms with Crippen molar-refractivity contribution in [1.82, 2.24) is 14.9 Å². The smallest absolute Gasteiger partial charge is 0.318 e. The van der Waals surface area contributed by atoms with Crippen LogP contribution in [0.25, 0.3) is 0 Å². The van der Waals surface area contributed by atoms with E-state index in [-0.39, 0.29) is 6.10 Å². The second-order valence-electron chi connectivity index (χ2n) is 14.2. The number of hydrogen-bond donors (Lipinski definition) is 1. The lowest BCUT2D eigenvalue weighted by molar-refractivity contribution is -0.132. The molecule has 40 heavy (non-hydrogen) atoms. The number of aromatic nitrogens is 2. The molecule has 1 unspecified atom stereocenters. The molecule has 1 amide bonds. The number of aliphatic hydroxyl groups excluding tert-OH is 1. The number of aliphatic hydroxyl groups is 1. The van der Waals surface area contributed by atoms with E-state index in [0.29, 0.717) is 35.1 Å². The van der Waals surface area contributed by atoms with Crippen molar-refractivity contribution in [3.8, 4) is 6.01 Å². The first kappa shape index (κ1) is 28.0. The van der Waals surface area contributed by atoms with Crippen LogP contribution in [0.15, 0.2) is 23.9 Å². The molecule has 0 radical (unpaired) electrons. The minimum Gasteiger partial charge on any atom is -0.467 e. The molecule has 1 aromatic rings. The van der Waals surface area contributed by atoms with Gasteiger partial charge in [-0.3, -0.25) is 4.79 Å². The van der Waals surface area contributed by atoms with E-state index in [4.69, 9.17) is 4.74 Å². The summed E-state index contributed by atoms with van der Waals surface area (Å²) in [6.45, 7) is 10.6. The Morgan fingerprint density at radius 3 is 2.70 bits per heavy atom. The van der Waals surface area contributed by atoms with Crippen LogP contribution in [0, 0.1) is 40.4 Å². The van der Waals surface area contributed by atoms with Gasteiger partial charge in [0.2, 0.25) is 5.91 Å². The molecule has 8 atom stereocenters. The van der Waals surface area contributed by atoms with Crippen molar-refractivity contribution in [2.24, 2.45) is 40.4 Å². The van der Waals surface area contributed by atoms with Crippen molar-refractivity contribution in [3.05, 3.63) is 23.9 Å². The van der Waals surface area contributed by atoms with Crippen molar-refractivity contribution >= 4 is 11.7 Å². The summed E-state index contributed by atoms with van der Waals surface area (Å²) in [4.78, 5) is 26.1. The number of amides is 1. The number of carbonyl (C=O) groups excluding carboxylic acids is 1. The number of piperazine rings is 1. The summed E-state index contributed by atoms with van der Waals surface area (Å²) < 4.78 is 5.17. The number of allylic oxidation sites excluding steroid dienone is 1. The minimum atomic E-state index is -0.129. The molecule has 0 bridgehead atoms. The molecule has 2 heterocycles. The fraction of sp³-hybridized carbons (Fsp3) is 0.788. The highest BCUT2D eigenvalue weighted by molar-refractivity contribution is 5.76. The van der Waals surface area contributed by atoms with Gasteiger partial charge in [0.05, 0.1) is 13.2 Å². The number of anilines is 1. The molecule has 5 aliphatic rings. The lowest BCUT2D eigenvalue weighted by Gasteiger charge is -2.58. The van der Waals surface area contributed by atoms with Crippen molar-refractivity contribution in [2.45, 2.75) is 91.1 Å². The van der Waals surface area contributed by atoms with Crippen molar-refractivity contribution in [2.75, 3.05) is 38.2 Å². The van der Waals surface area contributed by atoms with E-state index >= 15 is 0 Å². The first-order chi connectivity index (χ1) is 19.2. The number of hydrogen-bond acceptors (Lipinski definition) is 6. The van der Waals surface area contributed by atoms with Gasteiger partial charge in [-0.1, -0.05) is 32.4 Å². The largest absolute Gasteiger partial charge is 0.467 e. The van der Waals surface area contributed by atoms with E-state index in [1.54, 1.807) is 18.9 Å². The fourth-order valence-electron chi connectivity index (χ4n) is 10.1. The van der Waals surface area contributed by atoms with Crippen LogP contribution >= 0.6 is 0 Å². The Bertz CT molecular complexity index is 1120. The minimum absolute atomic E-state index is 0.129. The Kier molecular flexibility index (Phi) is 7.64. The standard InChI is InChI=1S/C33H50N4O3/c1-22(5-10-30(39)37-19-17-36(18-20-37)29-13-16-34-31(35-29)40-4)26-8-9-27-25-7-6-23-21-24(38)11-14-32(23,2)28(25)12-15-33(26,27)3/h6,13,16,22,24-28,38H,5,7-12,14-15,17-21H2,1-4H3/t22?,24-,25-,26+,27-,28-,32-,33+/m0/s1. The molecular formula is C33H50N4O3. The van der Waals surface area contributed by atoms with Gasteiger partial charge >= 0.3 is 6.01 Å². The van der Waals surface area contributed by atoms with Crippen LogP contribution < -0.4 is 9.64 Å². The maximum Gasteiger partial charge on any atom is 0.318 e. The van der Waals surface area contributed by atoms with E-state index in [9.17, 15) is 9.90 Å². The molecule has 220 valence electrons. The molecule has 0 aromatic carbocycles. The zero-order chi connectivity index (χ0) is 28.1. The van der Waals surface area contributed by atoms with Gasteiger partial charge in [0, 0.05) is 38.8 Å². The van der Waals surface area contributed by atoms with Crippen molar-refractivity contribution in [1.29, 1.82) is 0 Å². The Morgan fingerprint density at radius 1 is 1.12 bits per heavy atom. The average molecular weight is 551 g/mol. The molecule has 1 aliphatic heterocycles. The van der Waals surface area contributed by atoms with Gasteiger partial charge in [0.1, 0.15) is 5.82 Å². The third-order valence-electron chi connectivity index (χ3n) is 12.4. The Morgan fingerprint density at radius 2 is 1.93 bits per heavy atom. The Labute approximate surface area is 240 Å². The predicted octanol–water partition coefficient (Wildman–Crippen LogP) is 5.49. The van der Waals surface area contributed by atoms with Crippen LogP contribution in [-0.4, -0.2) is 65.3 Å². The zero-order valence-electron chi connectivity index (χ0n) is 25.1. The summed E-state index contributed by atoms with van der Waals surface area (Å²) in [5, 5.41) is 10.3. The van der Waals surface area contributed by atoms with Crippen LogP contribution in [-0.2, 0) is 4.79 Å². The van der Waals surface area contributed by atoms with Crippen LogP contribution in [0.2, 0.25) is 0 Å². The van der Waals surface area contributed by atoms with Crippen molar-refractivity contribution < 1.29 is 14.6 Å². The molecule has 3 saturated carbocycles. The molecular weight excluding hydrogens is 500 g/mol. The first-order valence-corrected chi connectivity index (χ1v) is 16.0. The first-order valence-electron chi connectivity index (χ1n) is 16.0. The van der Waals surface area contributed by atoms with Gasteiger partial charge in [-0.15, -0.1) is 0 Å². The average Bonchev–Trinajstić information content (AvgIpc) is 3.33. The van der Waals surface area contributed by atoms with Crippen LogP contribution in [0.3, 0.4) is 0 Å². The second-order valence-corrected chi connectivity index (χ2v) is 14.2. The fourth-order valence-corrected chi connectivity index (χ4v) is 10.1. The quantitative estimate of drug-likeness (QED) is 0.472. The Balaban J connectivity index is 1.03. The van der Waals surface area contributed by atoms with Crippen molar-refractivity contribution in [3.63, 3.8) is 0 Å². The molecule has 6 rings (SSSR count). The number of fused-ring (bicyclic) bond motifs is 5. The summed E-state index contributed by atoms with van der Waals surface area (Å²) in [7, 11) is 1.58. The SMILES string of the molecule is COc1nccc(N2CCN(C(=O)CCC(C)[C@H]3CC[C@H]4[C@@H]5CC=C6C[C@@H](O)CC[C@]6(C)[C@H]5CC[C@]34C)CC2)n1. The summed E-state index contributed by atoms with van der Waals surface area (Å²) >= 11 is 0. The molecule has 1 saturated heterocycles. The maximum absolute atomic E-state index is 13.2. The highest BCUT2D eigenvalue weighted by Gasteiger charge is 2.59. The summed E-state index contributed by atoms with van der Waals surface area (Å²) in [5.41, 5.74) is 2.28. The molecule has 4 fully saturated rings. The molecule has 7 nitrogen and oxygen atoms in total. The summed E-state index contributed by atoms with van der Waals surface area (Å²) in [6, 6.07) is 2.29. The van der Waals surface area contributed by atoms with Gasteiger partial charge in [-0.05, 0) is 104 Å². The van der Waals surface area contributed by atoms with Gasteiger partial charge < -0.3 is 19.6 Å². The van der Waals surface area contributed by atoms with Crippen LogP contribution in [0.4, 0.5) is 5.82 Å². The van der Waals surface area contributed by atoms with E-state index in [2.05, 4.69) is 46.6 Å². The molecule has 0 spiro atoms. The molecule has 4 aliphatic carbocycles. The van der Waals surface area contributed by atoms with E-state index in [1.165, 1.54) is 32.1 Å². The monoisotopic (exact) mass is 550 g/mol. The number of rotatable bonds is 6. The van der Waals surface area contributed by atoms with Gasteiger partial charge in [-0.25, -0.2) is 4.98 Å². The van der Waals surface area contributed by atoms with Crippen LogP contribution in [0.5, 0.6) is 6.01 Å². The van der Waals surface area contributed by atoms with E-state index < -0.39 is 0 Å². The van der Waals surface area contributed by atoms with E-state index in [0.717, 1.165) is 81.4 Å². The Hall–Kier alpha value is -2.15. The normalized spacial score (nSPS) is 38.1. The predicted molar refractivity (Wildman–Crippen MR) is 157 cm³/mol. The number of nitrogens with zero attached hydrogens (tertiary/aromatic N) is 4. The van der Waals surface area contributed by atoms with E-state index in [1.807, 2.05) is 6.07 Å². The zero-order valence-corrected chi connectivity index (χ0v) is 25.1. The number of methoxy groups -OCH3 is 1.